The largest absolute Gasteiger partial charge is 0.465 e. The van der Waals surface area contributed by atoms with Gasteiger partial charge in [0, 0.05) is 6.20 Å². The molecule has 1 aromatic rings. The molecule has 1 aliphatic heterocycles. The topological polar surface area (TPSA) is 40.5 Å². The minimum absolute atomic E-state index is 0.214. The molecule has 0 fully saturated rings. The fourth-order valence-corrected chi connectivity index (χ4v) is 1.60. The van der Waals surface area contributed by atoms with Crippen molar-refractivity contribution in [1.82, 2.24) is 4.90 Å². The maximum atomic E-state index is 11.0. The second-order valence-corrected chi connectivity index (χ2v) is 3.27. The molecule has 3 nitrogen and oxygen atoms in total. The maximum Gasteiger partial charge on any atom is 0.412 e. The summed E-state index contributed by atoms with van der Waals surface area (Å²) in [5.41, 5.74) is 0.973. The third-order valence-electron chi connectivity index (χ3n) is 2.31. The zero-order chi connectivity index (χ0) is 10.7. The summed E-state index contributed by atoms with van der Waals surface area (Å²) in [4.78, 5) is 12.3. The molecule has 15 heavy (non-hydrogen) atoms. The van der Waals surface area contributed by atoms with E-state index in [1.165, 1.54) is 4.90 Å². The van der Waals surface area contributed by atoms with Gasteiger partial charge in [0.25, 0.3) is 0 Å². The number of rotatable bonds is 1. The van der Waals surface area contributed by atoms with Crippen LogP contribution in [0, 0.1) is 0 Å². The molecule has 1 atom stereocenters. The van der Waals surface area contributed by atoms with Crippen molar-refractivity contribution in [3.63, 3.8) is 0 Å². The average molecular weight is 201 g/mol. The van der Waals surface area contributed by atoms with Crippen molar-refractivity contribution < 1.29 is 9.90 Å². The number of nitrogens with zero attached hydrogens (tertiary/aromatic N) is 1. The van der Waals surface area contributed by atoms with E-state index in [-0.39, 0.29) is 6.04 Å². The highest BCUT2D eigenvalue weighted by molar-refractivity contribution is 5.68. The van der Waals surface area contributed by atoms with Crippen LogP contribution in [0.3, 0.4) is 0 Å². The van der Waals surface area contributed by atoms with Crippen LogP contribution in [0.5, 0.6) is 0 Å². The molecule has 1 N–H and O–H groups in total. The molecular weight excluding hydrogens is 190 g/mol. The van der Waals surface area contributed by atoms with Crippen LogP contribution in [0.15, 0.2) is 54.8 Å². The predicted molar refractivity (Wildman–Crippen MR) is 57.3 cm³/mol. The normalized spacial score (nSPS) is 19.2. The quantitative estimate of drug-likeness (QED) is 0.758. The molecule has 0 bridgehead atoms. The molecule has 0 radical (unpaired) electrons. The Morgan fingerprint density at radius 1 is 1.20 bits per heavy atom. The second-order valence-electron chi connectivity index (χ2n) is 3.27. The molecular formula is C12H11NO2. The Labute approximate surface area is 88.0 Å². The number of carboxylic acid groups (broad SMARTS) is 1. The smallest absolute Gasteiger partial charge is 0.412 e. The van der Waals surface area contributed by atoms with Crippen LogP contribution in [0.25, 0.3) is 0 Å². The molecule has 76 valence electrons. The molecule has 0 saturated heterocycles. The van der Waals surface area contributed by atoms with Gasteiger partial charge in [-0.3, -0.25) is 4.90 Å². The van der Waals surface area contributed by atoms with E-state index >= 15 is 0 Å². The Bertz CT molecular complexity index is 409. The van der Waals surface area contributed by atoms with Crippen molar-refractivity contribution >= 4 is 6.09 Å². The molecule has 0 saturated carbocycles. The molecule has 0 aliphatic carbocycles. The summed E-state index contributed by atoms with van der Waals surface area (Å²) in [5, 5.41) is 9.01. The summed E-state index contributed by atoms with van der Waals surface area (Å²) in [7, 11) is 0. The van der Waals surface area contributed by atoms with Gasteiger partial charge in [-0.05, 0) is 11.6 Å². The summed E-state index contributed by atoms with van der Waals surface area (Å²) in [6.07, 6.45) is 6.07. The summed E-state index contributed by atoms with van der Waals surface area (Å²) >= 11 is 0. The standard InChI is InChI=1S/C12H11NO2/c14-12(15)13-9-5-4-8-11(13)10-6-2-1-3-7-10/h1-9,11H,(H,14,15)/t11-/m0/s1. The summed E-state index contributed by atoms with van der Waals surface area (Å²) in [6, 6.07) is 9.35. The number of benzene rings is 1. The van der Waals surface area contributed by atoms with Crippen LogP contribution < -0.4 is 0 Å². The van der Waals surface area contributed by atoms with Gasteiger partial charge >= 0.3 is 6.09 Å². The average Bonchev–Trinajstić information content (AvgIpc) is 2.30. The third kappa shape index (κ3) is 1.91. The van der Waals surface area contributed by atoms with E-state index in [0.717, 1.165) is 5.56 Å². The minimum Gasteiger partial charge on any atom is -0.465 e. The van der Waals surface area contributed by atoms with E-state index in [1.807, 2.05) is 42.5 Å². The maximum absolute atomic E-state index is 11.0. The fourth-order valence-electron chi connectivity index (χ4n) is 1.60. The van der Waals surface area contributed by atoms with Crippen molar-refractivity contribution in [3.05, 3.63) is 60.3 Å². The first-order valence-corrected chi connectivity index (χ1v) is 4.70. The van der Waals surface area contributed by atoms with Gasteiger partial charge in [0.1, 0.15) is 0 Å². The zero-order valence-corrected chi connectivity index (χ0v) is 8.08. The molecule has 2 rings (SSSR count). The van der Waals surface area contributed by atoms with E-state index in [4.69, 9.17) is 5.11 Å². The first kappa shape index (κ1) is 9.52. The summed E-state index contributed by atoms with van der Waals surface area (Å²) in [6.45, 7) is 0. The van der Waals surface area contributed by atoms with Gasteiger partial charge in [-0.2, -0.15) is 0 Å². The summed E-state index contributed by atoms with van der Waals surface area (Å²) < 4.78 is 0. The molecule has 3 heteroatoms. The van der Waals surface area contributed by atoms with Crippen molar-refractivity contribution in [3.8, 4) is 0 Å². The third-order valence-corrected chi connectivity index (χ3v) is 2.31. The highest BCUT2D eigenvalue weighted by Gasteiger charge is 2.21. The zero-order valence-electron chi connectivity index (χ0n) is 8.08. The van der Waals surface area contributed by atoms with E-state index in [0.29, 0.717) is 0 Å². The Balaban J connectivity index is 2.32. The van der Waals surface area contributed by atoms with Crippen LogP contribution in [0.2, 0.25) is 0 Å². The van der Waals surface area contributed by atoms with E-state index < -0.39 is 6.09 Å². The molecule has 1 aliphatic rings. The molecule has 1 aromatic carbocycles. The van der Waals surface area contributed by atoms with E-state index in [1.54, 1.807) is 12.3 Å². The number of amides is 1. The number of hydrogen-bond acceptors (Lipinski definition) is 1. The van der Waals surface area contributed by atoms with Crippen LogP contribution >= 0.6 is 0 Å². The number of carbonyl (C=O) groups is 1. The van der Waals surface area contributed by atoms with Crippen molar-refractivity contribution in [2.75, 3.05) is 0 Å². The van der Waals surface area contributed by atoms with Gasteiger partial charge in [0.2, 0.25) is 0 Å². The Morgan fingerprint density at radius 2 is 1.93 bits per heavy atom. The van der Waals surface area contributed by atoms with Crippen LogP contribution in [0.1, 0.15) is 11.6 Å². The number of hydrogen-bond donors (Lipinski definition) is 1. The number of allylic oxidation sites excluding steroid dienone is 2. The monoisotopic (exact) mass is 201 g/mol. The van der Waals surface area contributed by atoms with Gasteiger partial charge in [0.15, 0.2) is 0 Å². The molecule has 1 heterocycles. The van der Waals surface area contributed by atoms with Gasteiger partial charge < -0.3 is 5.11 Å². The highest BCUT2D eigenvalue weighted by atomic mass is 16.4. The molecule has 0 spiro atoms. The Kier molecular flexibility index (Phi) is 2.54. The van der Waals surface area contributed by atoms with Crippen LogP contribution in [0.4, 0.5) is 4.79 Å². The second kappa shape index (κ2) is 4.00. The fraction of sp³-hybridized carbons (Fsp3) is 0.0833. The van der Waals surface area contributed by atoms with Gasteiger partial charge in [-0.1, -0.05) is 42.5 Å². The van der Waals surface area contributed by atoms with E-state index in [2.05, 4.69) is 0 Å². The highest BCUT2D eigenvalue weighted by Crippen LogP contribution is 2.24. The van der Waals surface area contributed by atoms with Crippen LogP contribution in [-0.2, 0) is 0 Å². The SMILES string of the molecule is O=C(O)N1C=CC=C[C@H]1c1ccccc1. The Hall–Kier alpha value is -2.03. The van der Waals surface area contributed by atoms with Gasteiger partial charge in [-0.15, -0.1) is 0 Å². The Morgan fingerprint density at radius 3 is 2.60 bits per heavy atom. The van der Waals surface area contributed by atoms with E-state index in [9.17, 15) is 4.79 Å². The molecule has 1 amide bonds. The first-order chi connectivity index (χ1) is 7.29. The van der Waals surface area contributed by atoms with Crippen molar-refractivity contribution in [2.24, 2.45) is 0 Å². The summed E-state index contributed by atoms with van der Waals surface area (Å²) in [5.74, 6) is 0. The lowest BCUT2D eigenvalue weighted by Crippen LogP contribution is -2.28. The van der Waals surface area contributed by atoms with Crippen molar-refractivity contribution in [1.29, 1.82) is 0 Å². The minimum atomic E-state index is -0.940. The van der Waals surface area contributed by atoms with Crippen LogP contribution in [-0.4, -0.2) is 16.1 Å². The lowest BCUT2D eigenvalue weighted by molar-refractivity contribution is 0.154. The lowest BCUT2D eigenvalue weighted by atomic mass is 10.0. The predicted octanol–water partition coefficient (Wildman–Crippen LogP) is 2.79. The van der Waals surface area contributed by atoms with Gasteiger partial charge in [-0.25, -0.2) is 4.79 Å². The molecule has 0 aromatic heterocycles. The lowest BCUT2D eigenvalue weighted by Gasteiger charge is -2.25. The van der Waals surface area contributed by atoms with Crippen molar-refractivity contribution in [2.45, 2.75) is 6.04 Å². The van der Waals surface area contributed by atoms with Gasteiger partial charge in [0.05, 0.1) is 6.04 Å². The first-order valence-electron chi connectivity index (χ1n) is 4.70. The molecule has 0 unspecified atom stereocenters.